The summed E-state index contributed by atoms with van der Waals surface area (Å²) in [7, 11) is -3.06. The van der Waals surface area contributed by atoms with Crippen molar-refractivity contribution in [1.82, 2.24) is 14.9 Å². The van der Waals surface area contributed by atoms with Crippen molar-refractivity contribution in [2.24, 2.45) is 10.9 Å². The molecule has 0 amide bonds. The molecule has 0 unspecified atom stereocenters. The molecular weight excluding hydrogens is 336 g/mol. The summed E-state index contributed by atoms with van der Waals surface area (Å²) in [6.45, 7) is 7.63. The van der Waals surface area contributed by atoms with Gasteiger partial charge < -0.3 is 10.6 Å². The van der Waals surface area contributed by atoms with E-state index in [-0.39, 0.29) is 0 Å². The number of aliphatic imine (C=N–C) groups is 1. The average Bonchev–Trinajstić information content (AvgIpc) is 2.57. The van der Waals surface area contributed by atoms with Crippen molar-refractivity contribution in [1.29, 1.82) is 0 Å². The first kappa shape index (κ1) is 19.7. The van der Waals surface area contributed by atoms with Gasteiger partial charge in [0.05, 0.1) is 12.8 Å². The van der Waals surface area contributed by atoms with E-state index in [2.05, 4.69) is 53.7 Å². The molecule has 1 saturated heterocycles. The minimum Gasteiger partial charge on any atom is -0.357 e. The van der Waals surface area contributed by atoms with Gasteiger partial charge in [-0.1, -0.05) is 29.8 Å². The molecule has 0 aromatic heterocycles. The molecule has 7 heteroatoms. The summed E-state index contributed by atoms with van der Waals surface area (Å²) < 4.78 is 24.7. The Morgan fingerprint density at radius 1 is 1.28 bits per heavy atom. The zero-order valence-corrected chi connectivity index (χ0v) is 16.3. The predicted molar refractivity (Wildman–Crippen MR) is 103 cm³/mol. The normalized spacial score (nSPS) is 17.5. The van der Waals surface area contributed by atoms with Gasteiger partial charge in [-0.3, -0.25) is 0 Å². The summed E-state index contributed by atoms with van der Waals surface area (Å²) >= 11 is 0. The van der Waals surface area contributed by atoms with E-state index < -0.39 is 10.0 Å². The van der Waals surface area contributed by atoms with E-state index in [1.807, 2.05) is 0 Å². The molecular formula is C18H30N4O2S. The van der Waals surface area contributed by atoms with Gasteiger partial charge in [0.1, 0.15) is 0 Å². The second-order valence-electron chi connectivity index (χ2n) is 6.67. The smallest absolute Gasteiger partial charge is 0.211 e. The molecule has 25 heavy (non-hydrogen) atoms. The maximum atomic E-state index is 11.6. The highest BCUT2D eigenvalue weighted by atomic mass is 32.2. The standard InChI is InChI=1S/C18H30N4O2S/c1-4-19-18(21-14-17-7-5-6-15(2)12-17)20-13-16-8-10-22(11-9-16)25(3,23)24/h5-7,12,16H,4,8-11,13-14H2,1-3H3,(H2,19,20,21). The van der Waals surface area contributed by atoms with E-state index in [0.717, 1.165) is 31.9 Å². The van der Waals surface area contributed by atoms with Crippen molar-refractivity contribution in [2.45, 2.75) is 33.2 Å². The van der Waals surface area contributed by atoms with Crippen LogP contribution >= 0.6 is 0 Å². The van der Waals surface area contributed by atoms with Gasteiger partial charge in [-0.15, -0.1) is 0 Å². The summed E-state index contributed by atoms with van der Waals surface area (Å²) in [5.41, 5.74) is 2.43. The zero-order valence-electron chi connectivity index (χ0n) is 15.5. The third-order valence-electron chi connectivity index (χ3n) is 4.45. The maximum Gasteiger partial charge on any atom is 0.211 e. The van der Waals surface area contributed by atoms with Gasteiger partial charge in [-0.2, -0.15) is 0 Å². The van der Waals surface area contributed by atoms with E-state index in [4.69, 9.17) is 0 Å². The number of hydrogen-bond acceptors (Lipinski definition) is 3. The van der Waals surface area contributed by atoms with Crippen LogP contribution in [0.15, 0.2) is 29.3 Å². The van der Waals surface area contributed by atoms with Gasteiger partial charge >= 0.3 is 0 Å². The van der Waals surface area contributed by atoms with Gasteiger partial charge in [-0.05, 0) is 38.2 Å². The highest BCUT2D eigenvalue weighted by Gasteiger charge is 2.24. The Kier molecular flexibility index (Phi) is 7.25. The Balaban J connectivity index is 1.84. The lowest BCUT2D eigenvalue weighted by molar-refractivity contribution is 0.275. The number of sulfonamides is 1. The predicted octanol–water partition coefficient (Wildman–Crippen LogP) is 1.72. The number of benzene rings is 1. The molecule has 1 aliphatic heterocycles. The molecule has 0 saturated carbocycles. The van der Waals surface area contributed by atoms with Crippen LogP contribution in [0.3, 0.4) is 0 Å². The molecule has 0 radical (unpaired) electrons. The molecule has 2 N–H and O–H groups in total. The van der Waals surface area contributed by atoms with Crippen LogP contribution in [-0.2, 0) is 16.6 Å². The van der Waals surface area contributed by atoms with E-state index in [0.29, 0.717) is 25.6 Å². The van der Waals surface area contributed by atoms with Crippen molar-refractivity contribution < 1.29 is 8.42 Å². The number of piperidine rings is 1. The van der Waals surface area contributed by atoms with Crippen molar-refractivity contribution in [2.75, 3.05) is 32.4 Å². The second-order valence-corrected chi connectivity index (χ2v) is 8.65. The third-order valence-corrected chi connectivity index (χ3v) is 5.75. The number of hydrogen-bond donors (Lipinski definition) is 2. The van der Waals surface area contributed by atoms with Crippen molar-refractivity contribution in [3.63, 3.8) is 0 Å². The Labute approximate surface area is 151 Å². The fourth-order valence-electron chi connectivity index (χ4n) is 3.01. The molecule has 2 rings (SSSR count). The second kappa shape index (κ2) is 9.20. The van der Waals surface area contributed by atoms with Gasteiger partial charge in [0.2, 0.25) is 10.0 Å². The first-order valence-electron chi connectivity index (χ1n) is 8.91. The van der Waals surface area contributed by atoms with E-state index in [1.54, 1.807) is 4.31 Å². The molecule has 1 aromatic rings. The van der Waals surface area contributed by atoms with E-state index in [1.165, 1.54) is 17.4 Å². The summed E-state index contributed by atoms with van der Waals surface area (Å²) in [5, 5.41) is 6.67. The van der Waals surface area contributed by atoms with Crippen LogP contribution < -0.4 is 10.6 Å². The Bertz CT molecular complexity index is 680. The minimum absolute atomic E-state index is 0.473. The van der Waals surface area contributed by atoms with Gasteiger partial charge in [0.25, 0.3) is 0 Å². The van der Waals surface area contributed by atoms with Gasteiger partial charge in [0.15, 0.2) is 5.96 Å². The number of guanidine groups is 1. The third kappa shape index (κ3) is 6.66. The van der Waals surface area contributed by atoms with Crippen LogP contribution in [0.5, 0.6) is 0 Å². The number of nitrogens with zero attached hydrogens (tertiary/aromatic N) is 2. The lowest BCUT2D eigenvalue weighted by Gasteiger charge is -2.30. The lowest BCUT2D eigenvalue weighted by Crippen LogP contribution is -2.44. The Morgan fingerprint density at radius 2 is 2.00 bits per heavy atom. The highest BCUT2D eigenvalue weighted by molar-refractivity contribution is 7.88. The molecule has 6 nitrogen and oxygen atoms in total. The van der Waals surface area contributed by atoms with Crippen molar-refractivity contribution in [3.8, 4) is 0 Å². The molecule has 1 fully saturated rings. The van der Waals surface area contributed by atoms with E-state index in [9.17, 15) is 8.42 Å². The van der Waals surface area contributed by atoms with Crippen LogP contribution in [0.4, 0.5) is 0 Å². The van der Waals surface area contributed by atoms with Gasteiger partial charge in [-0.25, -0.2) is 17.7 Å². The Hall–Kier alpha value is -1.60. The number of aryl methyl sites for hydroxylation is 1. The van der Waals surface area contributed by atoms with Crippen LogP contribution in [0.2, 0.25) is 0 Å². The van der Waals surface area contributed by atoms with Crippen LogP contribution in [0.1, 0.15) is 30.9 Å². The van der Waals surface area contributed by atoms with Crippen LogP contribution in [0.25, 0.3) is 0 Å². The van der Waals surface area contributed by atoms with Crippen molar-refractivity contribution >= 4 is 16.0 Å². The molecule has 0 atom stereocenters. The van der Waals surface area contributed by atoms with Crippen molar-refractivity contribution in [3.05, 3.63) is 35.4 Å². The lowest BCUT2D eigenvalue weighted by atomic mass is 9.98. The highest BCUT2D eigenvalue weighted by Crippen LogP contribution is 2.18. The quantitative estimate of drug-likeness (QED) is 0.594. The molecule has 0 bridgehead atoms. The molecule has 140 valence electrons. The summed E-state index contributed by atoms with van der Waals surface area (Å²) in [5.74, 6) is 1.29. The molecule has 1 aliphatic rings. The summed E-state index contributed by atoms with van der Waals surface area (Å²) in [6.07, 6.45) is 3.06. The first-order valence-corrected chi connectivity index (χ1v) is 10.8. The topological polar surface area (TPSA) is 73.8 Å². The maximum absolute atomic E-state index is 11.6. The molecule has 1 heterocycles. The van der Waals surface area contributed by atoms with Gasteiger partial charge in [0, 0.05) is 26.2 Å². The minimum atomic E-state index is -3.06. The largest absolute Gasteiger partial charge is 0.357 e. The number of rotatable bonds is 6. The summed E-state index contributed by atoms with van der Waals surface area (Å²) in [4.78, 5) is 4.65. The zero-order chi connectivity index (χ0) is 18.3. The SMILES string of the molecule is CCNC(=NCc1cccc(C)c1)NCC1CCN(S(C)(=O)=O)CC1. The molecule has 0 spiro atoms. The summed E-state index contributed by atoms with van der Waals surface area (Å²) in [6, 6.07) is 8.37. The first-order chi connectivity index (χ1) is 11.9. The van der Waals surface area contributed by atoms with Crippen LogP contribution in [-0.4, -0.2) is 51.1 Å². The number of nitrogens with one attached hydrogen (secondary N) is 2. The average molecular weight is 367 g/mol. The Morgan fingerprint density at radius 3 is 2.60 bits per heavy atom. The fraction of sp³-hybridized carbons (Fsp3) is 0.611. The van der Waals surface area contributed by atoms with Crippen LogP contribution in [0, 0.1) is 12.8 Å². The molecule has 0 aliphatic carbocycles. The fourth-order valence-corrected chi connectivity index (χ4v) is 3.88. The monoisotopic (exact) mass is 366 g/mol. The molecule has 1 aromatic carbocycles. The van der Waals surface area contributed by atoms with E-state index >= 15 is 0 Å².